The molecule has 1 heterocycles. The van der Waals surface area contributed by atoms with E-state index in [2.05, 4.69) is 5.10 Å². The van der Waals surface area contributed by atoms with Crippen LogP contribution in [0.15, 0.2) is 24.3 Å². The molecule has 0 aliphatic carbocycles. The monoisotopic (exact) mass is 278 g/mol. The van der Waals surface area contributed by atoms with Crippen molar-refractivity contribution in [2.24, 2.45) is 7.05 Å². The third kappa shape index (κ3) is 2.79. The van der Waals surface area contributed by atoms with Gasteiger partial charge in [-0.15, -0.1) is 0 Å². The van der Waals surface area contributed by atoms with E-state index >= 15 is 0 Å². The molecule has 1 aromatic heterocycles. The van der Waals surface area contributed by atoms with Crippen molar-refractivity contribution in [1.29, 1.82) is 0 Å². The highest BCUT2D eigenvalue weighted by Gasteiger charge is 2.14. The minimum Gasteiger partial charge on any atom is -0.488 e. The van der Waals surface area contributed by atoms with Crippen molar-refractivity contribution in [3.63, 3.8) is 0 Å². The molecule has 0 saturated heterocycles. The smallest absolute Gasteiger partial charge is 0.354 e. The summed E-state index contributed by atoms with van der Waals surface area (Å²) in [5, 5.41) is 13.0. The van der Waals surface area contributed by atoms with Crippen LogP contribution in [0.4, 0.5) is 4.39 Å². The Hall–Kier alpha value is -2.37. The second-order valence-corrected chi connectivity index (χ2v) is 4.66. The van der Waals surface area contributed by atoms with E-state index in [0.29, 0.717) is 11.3 Å². The molecule has 0 aliphatic heterocycles. The molecule has 1 aromatic carbocycles. The lowest BCUT2D eigenvalue weighted by Gasteiger charge is -2.10. The Kier molecular flexibility index (Phi) is 3.74. The van der Waals surface area contributed by atoms with Gasteiger partial charge in [0.05, 0.1) is 11.8 Å². The molecule has 106 valence electrons. The number of ether oxygens (including phenoxy) is 1. The van der Waals surface area contributed by atoms with Crippen molar-refractivity contribution < 1.29 is 19.0 Å². The van der Waals surface area contributed by atoms with Gasteiger partial charge in [0.1, 0.15) is 5.69 Å². The fourth-order valence-electron chi connectivity index (χ4n) is 1.82. The van der Waals surface area contributed by atoms with Crippen molar-refractivity contribution in [3.8, 4) is 17.0 Å². The molecule has 0 atom stereocenters. The number of carbonyl (C=O) groups is 1. The van der Waals surface area contributed by atoms with Gasteiger partial charge in [-0.2, -0.15) is 5.10 Å². The van der Waals surface area contributed by atoms with Crippen LogP contribution in [0, 0.1) is 5.82 Å². The summed E-state index contributed by atoms with van der Waals surface area (Å²) in [5.41, 5.74) is 0.949. The number of carboxylic acids is 1. The number of rotatable bonds is 4. The average Bonchev–Trinajstić information content (AvgIpc) is 2.73. The standard InChI is InChI=1S/C14H15FN2O3/c1-8(2)20-13-5-4-9(6-10(13)15)11-7-12(14(18)19)17(3)16-11/h4-8H,1-3H3,(H,18,19). The summed E-state index contributed by atoms with van der Waals surface area (Å²) in [6.07, 6.45) is -0.121. The third-order valence-corrected chi connectivity index (χ3v) is 2.69. The number of halogens is 1. The highest BCUT2D eigenvalue weighted by molar-refractivity contribution is 5.87. The molecule has 0 bridgehead atoms. The highest BCUT2D eigenvalue weighted by atomic mass is 19.1. The van der Waals surface area contributed by atoms with Gasteiger partial charge in [0.2, 0.25) is 0 Å². The summed E-state index contributed by atoms with van der Waals surface area (Å²) in [5.74, 6) is -1.41. The minimum atomic E-state index is -1.08. The van der Waals surface area contributed by atoms with Crippen LogP contribution in [-0.4, -0.2) is 27.0 Å². The summed E-state index contributed by atoms with van der Waals surface area (Å²) in [6.45, 7) is 3.62. The van der Waals surface area contributed by atoms with E-state index in [4.69, 9.17) is 9.84 Å². The van der Waals surface area contributed by atoms with Crippen LogP contribution in [0.5, 0.6) is 5.75 Å². The summed E-state index contributed by atoms with van der Waals surface area (Å²) < 4.78 is 20.4. The first-order valence-electron chi connectivity index (χ1n) is 6.12. The Morgan fingerprint density at radius 1 is 1.40 bits per heavy atom. The Balaban J connectivity index is 2.36. The molecule has 2 rings (SSSR count). The van der Waals surface area contributed by atoms with E-state index in [1.165, 1.54) is 29.9 Å². The summed E-state index contributed by atoms with van der Waals surface area (Å²) in [6, 6.07) is 5.85. The Morgan fingerprint density at radius 2 is 2.10 bits per heavy atom. The molecule has 20 heavy (non-hydrogen) atoms. The average molecular weight is 278 g/mol. The number of hydrogen-bond donors (Lipinski definition) is 1. The Labute approximate surface area is 115 Å². The first-order valence-corrected chi connectivity index (χ1v) is 6.12. The molecule has 6 heteroatoms. The zero-order valence-electron chi connectivity index (χ0n) is 11.4. The number of benzene rings is 1. The van der Waals surface area contributed by atoms with Crippen molar-refractivity contribution in [2.75, 3.05) is 0 Å². The number of aryl methyl sites for hydroxylation is 1. The van der Waals surface area contributed by atoms with Crippen LogP contribution in [0.25, 0.3) is 11.3 Å². The summed E-state index contributed by atoms with van der Waals surface area (Å²) >= 11 is 0. The first-order chi connectivity index (χ1) is 9.38. The lowest BCUT2D eigenvalue weighted by molar-refractivity contribution is 0.0685. The van der Waals surface area contributed by atoms with Crippen LogP contribution in [0.1, 0.15) is 24.3 Å². The maximum Gasteiger partial charge on any atom is 0.354 e. The highest BCUT2D eigenvalue weighted by Crippen LogP contribution is 2.26. The van der Waals surface area contributed by atoms with Crippen LogP contribution in [0.3, 0.4) is 0 Å². The van der Waals surface area contributed by atoms with E-state index in [0.717, 1.165) is 0 Å². The lowest BCUT2D eigenvalue weighted by atomic mass is 10.1. The zero-order valence-corrected chi connectivity index (χ0v) is 11.4. The predicted molar refractivity (Wildman–Crippen MR) is 71.3 cm³/mol. The first kappa shape index (κ1) is 14.0. The van der Waals surface area contributed by atoms with Gasteiger partial charge in [-0.1, -0.05) is 0 Å². The molecule has 0 amide bonds. The normalized spacial score (nSPS) is 10.8. The van der Waals surface area contributed by atoms with E-state index in [9.17, 15) is 9.18 Å². The van der Waals surface area contributed by atoms with Crippen molar-refractivity contribution in [3.05, 3.63) is 35.8 Å². The predicted octanol–water partition coefficient (Wildman–Crippen LogP) is 2.71. The summed E-state index contributed by atoms with van der Waals surface area (Å²) in [4.78, 5) is 11.0. The molecular weight excluding hydrogens is 263 g/mol. The lowest BCUT2D eigenvalue weighted by Crippen LogP contribution is -2.06. The number of hydrogen-bond acceptors (Lipinski definition) is 3. The summed E-state index contributed by atoms with van der Waals surface area (Å²) in [7, 11) is 1.53. The Morgan fingerprint density at radius 3 is 2.60 bits per heavy atom. The number of nitrogens with zero attached hydrogens (tertiary/aromatic N) is 2. The van der Waals surface area contributed by atoms with Gasteiger partial charge in [0.15, 0.2) is 11.6 Å². The molecule has 2 aromatic rings. The van der Waals surface area contributed by atoms with Gasteiger partial charge < -0.3 is 9.84 Å². The quantitative estimate of drug-likeness (QED) is 0.934. The van der Waals surface area contributed by atoms with Gasteiger partial charge in [-0.05, 0) is 38.1 Å². The SMILES string of the molecule is CC(C)Oc1ccc(-c2cc(C(=O)O)n(C)n2)cc1F. The van der Waals surface area contributed by atoms with E-state index in [1.807, 2.05) is 13.8 Å². The van der Waals surface area contributed by atoms with E-state index in [-0.39, 0.29) is 17.5 Å². The topological polar surface area (TPSA) is 64.3 Å². The second kappa shape index (κ2) is 5.32. The van der Waals surface area contributed by atoms with E-state index in [1.54, 1.807) is 6.07 Å². The Bertz CT molecular complexity index is 650. The molecular formula is C14H15FN2O3. The molecule has 0 spiro atoms. The molecule has 0 aliphatic rings. The van der Waals surface area contributed by atoms with Crippen molar-refractivity contribution in [2.45, 2.75) is 20.0 Å². The van der Waals surface area contributed by atoms with Crippen molar-refractivity contribution in [1.82, 2.24) is 9.78 Å². The minimum absolute atomic E-state index is 0.0444. The molecule has 0 saturated carbocycles. The molecule has 0 unspecified atom stereocenters. The third-order valence-electron chi connectivity index (χ3n) is 2.69. The van der Waals surface area contributed by atoms with Crippen LogP contribution < -0.4 is 4.74 Å². The largest absolute Gasteiger partial charge is 0.488 e. The van der Waals surface area contributed by atoms with Gasteiger partial charge in [-0.3, -0.25) is 4.68 Å². The zero-order chi connectivity index (χ0) is 14.9. The fraction of sp³-hybridized carbons (Fsp3) is 0.286. The molecule has 5 nitrogen and oxygen atoms in total. The second-order valence-electron chi connectivity index (χ2n) is 4.66. The molecule has 1 N–H and O–H groups in total. The van der Waals surface area contributed by atoms with Crippen LogP contribution in [0.2, 0.25) is 0 Å². The number of aromatic nitrogens is 2. The van der Waals surface area contributed by atoms with Gasteiger partial charge in [0.25, 0.3) is 0 Å². The van der Waals surface area contributed by atoms with Crippen LogP contribution in [-0.2, 0) is 7.05 Å². The van der Waals surface area contributed by atoms with E-state index < -0.39 is 11.8 Å². The van der Waals surface area contributed by atoms with Crippen LogP contribution >= 0.6 is 0 Å². The maximum absolute atomic E-state index is 13.9. The van der Waals surface area contributed by atoms with Crippen molar-refractivity contribution >= 4 is 5.97 Å². The van der Waals surface area contributed by atoms with Gasteiger partial charge in [0, 0.05) is 12.6 Å². The van der Waals surface area contributed by atoms with Gasteiger partial charge in [-0.25, -0.2) is 9.18 Å². The number of carboxylic acid groups (broad SMARTS) is 1. The van der Waals surface area contributed by atoms with Gasteiger partial charge >= 0.3 is 5.97 Å². The number of aromatic carboxylic acids is 1. The molecule has 0 fully saturated rings. The molecule has 0 radical (unpaired) electrons. The fourth-order valence-corrected chi connectivity index (χ4v) is 1.82. The maximum atomic E-state index is 13.9.